The second-order valence-corrected chi connectivity index (χ2v) is 19.1. The molecule has 2 aliphatic rings. The summed E-state index contributed by atoms with van der Waals surface area (Å²) in [5.41, 5.74) is 0.00668. The fourth-order valence-corrected chi connectivity index (χ4v) is 8.78. The van der Waals surface area contributed by atoms with Gasteiger partial charge in [-0.15, -0.1) is 0 Å². The van der Waals surface area contributed by atoms with Crippen molar-refractivity contribution in [3.8, 4) is 0 Å². The van der Waals surface area contributed by atoms with Gasteiger partial charge in [-0.2, -0.15) is 0 Å². The Morgan fingerprint density at radius 3 is 2.08 bits per heavy atom. The Hall–Kier alpha value is -2.93. The third-order valence-corrected chi connectivity index (χ3v) is 15.3. The van der Waals surface area contributed by atoms with Crippen LogP contribution in [0.4, 0.5) is 0 Å². The highest BCUT2D eigenvalue weighted by Gasteiger charge is 2.62. The Balaban J connectivity index is 1.76. The summed E-state index contributed by atoms with van der Waals surface area (Å²) in [6.45, 7) is 18.2. The van der Waals surface area contributed by atoms with Gasteiger partial charge in [-0.1, -0.05) is 76.7 Å². The van der Waals surface area contributed by atoms with Crippen LogP contribution in [0.1, 0.15) is 34.6 Å². The van der Waals surface area contributed by atoms with Crippen molar-refractivity contribution >= 4 is 38.2 Å². The first-order valence-corrected chi connectivity index (χ1v) is 18.2. The topological polar surface area (TPSA) is 82.1 Å². The fraction of sp³-hybridized carbons (Fsp3) is 0.419. The van der Waals surface area contributed by atoms with Gasteiger partial charge in [0, 0.05) is 5.92 Å². The first-order valence-electron chi connectivity index (χ1n) is 13.7. The SMILES string of the molecule is C=CCOC(=O)C1=C(OP(=O)(c2ccccc2)c2ccccc2)[C@H](C)[C@@H]2[C@@H]([C@@H](C)O[Si](C)(C)C(C)(C)C)C(=O)N12. The number of rotatable bonds is 10. The molecule has 214 valence electrons. The van der Waals surface area contributed by atoms with E-state index in [1.165, 1.54) is 11.0 Å². The maximum Gasteiger partial charge on any atom is 0.358 e. The number of carbonyl (C=O) groups excluding carboxylic acids is 2. The number of hydrogen-bond acceptors (Lipinski definition) is 6. The highest BCUT2D eigenvalue weighted by molar-refractivity contribution is 7.74. The molecule has 1 saturated heterocycles. The molecule has 2 heterocycles. The van der Waals surface area contributed by atoms with E-state index in [2.05, 4.69) is 40.4 Å². The second kappa shape index (κ2) is 11.2. The average molecular weight is 582 g/mol. The lowest BCUT2D eigenvalue weighted by Gasteiger charge is -2.49. The van der Waals surface area contributed by atoms with E-state index in [9.17, 15) is 14.2 Å². The van der Waals surface area contributed by atoms with Crippen molar-refractivity contribution in [2.45, 2.75) is 64.9 Å². The Labute approximate surface area is 238 Å². The van der Waals surface area contributed by atoms with Crippen LogP contribution in [0.2, 0.25) is 18.1 Å². The molecule has 2 aliphatic heterocycles. The largest absolute Gasteiger partial charge is 0.457 e. The summed E-state index contributed by atoms with van der Waals surface area (Å²) in [7, 11) is -5.88. The molecule has 40 heavy (non-hydrogen) atoms. The Bertz CT molecular complexity index is 1310. The van der Waals surface area contributed by atoms with E-state index in [0.29, 0.717) is 10.6 Å². The predicted octanol–water partition coefficient (Wildman–Crippen LogP) is 5.76. The number of β-lactam (4-membered cyclic amide) rings is 1. The molecule has 2 aromatic rings. The predicted molar refractivity (Wildman–Crippen MR) is 160 cm³/mol. The molecule has 0 bridgehead atoms. The van der Waals surface area contributed by atoms with Crippen LogP contribution in [0.3, 0.4) is 0 Å². The Kier molecular flexibility index (Phi) is 8.37. The molecule has 0 N–H and O–H groups in total. The van der Waals surface area contributed by atoms with Gasteiger partial charge in [0.2, 0.25) is 5.91 Å². The van der Waals surface area contributed by atoms with Crippen LogP contribution in [-0.2, 0) is 27.8 Å². The third kappa shape index (κ3) is 5.25. The monoisotopic (exact) mass is 581 g/mol. The summed E-state index contributed by atoms with van der Waals surface area (Å²) in [5, 5.41) is 0.956. The molecule has 0 aliphatic carbocycles. The van der Waals surface area contributed by atoms with Gasteiger partial charge in [-0.25, -0.2) is 4.79 Å². The normalized spacial score (nSPS) is 21.9. The van der Waals surface area contributed by atoms with E-state index in [-0.39, 0.29) is 41.2 Å². The number of nitrogens with zero attached hydrogens (tertiary/aromatic N) is 1. The van der Waals surface area contributed by atoms with E-state index in [0.717, 1.165) is 0 Å². The van der Waals surface area contributed by atoms with E-state index in [4.69, 9.17) is 13.7 Å². The lowest BCUT2D eigenvalue weighted by Crippen LogP contribution is -2.65. The summed E-state index contributed by atoms with van der Waals surface area (Å²) in [6, 6.07) is 17.5. The standard InChI is InChI=1S/C31H40NO6PSi/c1-9-20-36-30(34)27-28(37-39(35,23-16-12-10-13-17-23)24-18-14-11-15-19-24)21(2)26-25(29(33)32(26)27)22(3)38-40(7,8)31(4,5)6/h9-19,21-22,25-26H,1,20H2,2-8H3/t21-,22-,25-,26-/m1/s1. The zero-order valence-electron chi connectivity index (χ0n) is 24.4. The highest BCUT2D eigenvalue weighted by atomic mass is 31.2. The van der Waals surface area contributed by atoms with Gasteiger partial charge < -0.3 is 13.7 Å². The molecule has 1 amide bonds. The molecule has 0 radical (unpaired) electrons. The highest BCUT2D eigenvalue weighted by Crippen LogP contribution is 2.55. The molecular weight excluding hydrogens is 541 g/mol. The summed E-state index contributed by atoms with van der Waals surface area (Å²) in [6.07, 6.45) is 1.10. The first-order chi connectivity index (χ1) is 18.7. The zero-order valence-corrected chi connectivity index (χ0v) is 26.3. The third-order valence-electron chi connectivity index (χ3n) is 8.33. The van der Waals surface area contributed by atoms with Crippen LogP contribution < -0.4 is 10.6 Å². The number of hydrogen-bond donors (Lipinski definition) is 0. The van der Waals surface area contributed by atoms with Gasteiger partial charge in [0.05, 0.1) is 28.7 Å². The number of fused-ring (bicyclic) bond motifs is 1. The Morgan fingerprint density at radius 1 is 1.07 bits per heavy atom. The van der Waals surface area contributed by atoms with Crippen molar-refractivity contribution in [3.63, 3.8) is 0 Å². The Morgan fingerprint density at radius 2 is 1.60 bits per heavy atom. The maximum absolute atomic E-state index is 14.8. The molecule has 2 aromatic carbocycles. The lowest BCUT2D eigenvalue weighted by molar-refractivity contribution is -0.163. The number of carbonyl (C=O) groups is 2. The maximum atomic E-state index is 14.8. The summed E-state index contributed by atoms with van der Waals surface area (Å²) < 4.78 is 33.3. The lowest BCUT2D eigenvalue weighted by atomic mass is 9.79. The minimum atomic E-state index is -3.71. The van der Waals surface area contributed by atoms with Crippen molar-refractivity contribution in [2.24, 2.45) is 11.8 Å². The molecular formula is C31H40NO6PSi. The number of amides is 1. The van der Waals surface area contributed by atoms with Gasteiger partial charge in [0.15, 0.2) is 14.0 Å². The number of benzene rings is 2. The van der Waals surface area contributed by atoms with Gasteiger partial charge in [0.25, 0.3) is 0 Å². The van der Waals surface area contributed by atoms with E-state index in [1.807, 2.05) is 26.0 Å². The number of ether oxygens (including phenoxy) is 1. The van der Waals surface area contributed by atoms with Gasteiger partial charge >= 0.3 is 13.3 Å². The van der Waals surface area contributed by atoms with Crippen molar-refractivity contribution in [1.29, 1.82) is 0 Å². The first kappa shape index (κ1) is 30.0. The van der Waals surface area contributed by atoms with Crippen molar-refractivity contribution in [1.82, 2.24) is 4.90 Å². The van der Waals surface area contributed by atoms with Gasteiger partial charge in [0.1, 0.15) is 12.4 Å². The molecule has 0 spiro atoms. The van der Waals surface area contributed by atoms with E-state index >= 15 is 0 Å². The minimum Gasteiger partial charge on any atom is -0.457 e. The van der Waals surface area contributed by atoms with Gasteiger partial charge in [-0.05, 0) is 49.3 Å². The molecule has 1 fully saturated rings. The van der Waals surface area contributed by atoms with Crippen molar-refractivity contribution < 1.29 is 27.8 Å². The molecule has 0 aromatic heterocycles. The van der Waals surface area contributed by atoms with Crippen molar-refractivity contribution in [3.05, 3.63) is 84.8 Å². The molecule has 4 rings (SSSR count). The molecule has 9 heteroatoms. The average Bonchev–Trinajstić information content (AvgIpc) is 3.14. The molecule has 4 atom stereocenters. The minimum absolute atomic E-state index is 0.00668. The summed E-state index contributed by atoms with van der Waals surface area (Å²) in [5.74, 6) is -1.62. The van der Waals surface area contributed by atoms with E-state index < -0.39 is 33.5 Å². The fourth-order valence-electron chi connectivity index (χ4n) is 5.18. The van der Waals surface area contributed by atoms with Crippen LogP contribution in [0, 0.1) is 11.8 Å². The van der Waals surface area contributed by atoms with Crippen LogP contribution in [-0.4, -0.2) is 43.8 Å². The quantitative estimate of drug-likeness (QED) is 0.117. The van der Waals surface area contributed by atoms with Crippen LogP contribution in [0.5, 0.6) is 0 Å². The zero-order chi connectivity index (χ0) is 29.5. The summed E-state index contributed by atoms with van der Waals surface area (Å²) in [4.78, 5) is 28.5. The molecule has 7 nitrogen and oxygen atoms in total. The van der Waals surface area contributed by atoms with Crippen LogP contribution >= 0.6 is 7.37 Å². The van der Waals surface area contributed by atoms with Crippen molar-refractivity contribution in [2.75, 3.05) is 6.61 Å². The number of esters is 1. The van der Waals surface area contributed by atoms with Gasteiger partial charge in [-0.3, -0.25) is 14.3 Å². The second-order valence-electron chi connectivity index (χ2n) is 12.0. The molecule has 0 unspecified atom stereocenters. The molecule has 0 saturated carbocycles. The van der Waals surface area contributed by atoms with Crippen LogP contribution in [0.15, 0.2) is 84.8 Å². The van der Waals surface area contributed by atoms with E-state index in [1.54, 1.807) is 48.5 Å². The summed E-state index contributed by atoms with van der Waals surface area (Å²) >= 11 is 0. The smallest absolute Gasteiger partial charge is 0.358 e. The van der Waals surface area contributed by atoms with Crippen LogP contribution in [0.25, 0.3) is 0 Å².